The SMILES string of the molecule is CC(C)c1ccc(-c2ccccc2OS(=O)(=O)c2cccc3c(O)c([N+]#N)ccc23)cc1. The number of nitrogens with zero attached hydrogens (tertiary/aromatic N) is 2. The summed E-state index contributed by atoms with van der Waals surface area (Å²) in [6.45, 7) is 4.22. The van der Waals surface area contributed by atoms with E-state index in [0.29, 0.717) is 11.5 Å². The molecule has 0 atom stereocenters. The Hall–Kier alpha value is -3.89. The summed E-state index contributed by atoms with van der Waals surface area (Å²) < 4.78 is 32.0. The third kappa shape index (κ3) is 3.88. The topological polar surface area (TPSA) is 91.8 Å². The van der Waals surface area contributed by atoms with Crippen molar-refractivity contribution >= 4 is 26.6 Å². The van der Waals surface area contributed by atoms with Gasteiger partial charge in [-0.05, 0) is 35.2 Å². The van der Waals surface area contributed by atoms with Gasteiger partial charge in [-0.15, -0.1) is 0 Å². The summed E-state index contributed by atoms with van der Waals surface area (Å²) in [5.41, 5.74) is 2.62. The van der Waals surface area contributed by atoms with Gasteiger partial charge in [-0.1, -0.05) is 68.4 Å². The van der Waals surface area contributed by atoms with Crippen molar-refractivity contribution in [1.29, 1.82) is 5.39 Å². The van der Waals surface area contributed by atoms with E-state index in [9.17, 15) is 13.5 Å². The lowest BCUT2D eigenvalue weighted by Crippen LogP contribution is -2.11. The first-order valence-electron chi connectivity index (χ1n) is 10.1. The van der Waals surface area contributed by atoms with Gasteiger partial charge in [0.2, 0.25) is 11.1 Å². The molecule has 160 valence electrons. The third-order valence-electron chi connectivity index (χ3n) is 5.32. The van der Waals surface area contributed by atoms with Crippen molar-refractivity contribution in [3.05, 3.63) is 89.4 Å². The minimum absolute atomic E-state index is 0.0526. The van der Waals surface area contributed by atoms with Gasteiger partial charge in [-0.2, -0.15) is 8.42 Å². The van der Waals surface area contributed by atoms with Crippen molar-refractivity contribution in [1.82, 2.24) is 0 Å². The van der Waals surface area contributed by atoms with E-state index in [4.69, 9.17) is 9.58 Å². The van der Waals surface area contributed by atoms with Crippen molar-refractivity contribution in [3.8, 4) is 22.6 Å². The molecule has 32 heavy (non-hydrogen) atoms. The molecule has 7 heteroatoms. The highest BCUT2D eigenvalue weighted by Gasteiger charge is 2.25. The molecular weight excluding hydrogens is 424 g/mol. The Morgan fingerprint density at radius 1 is 0.875 bits per heavy atom. The smallest absolute Gasteiger partial charge is 0.426 e. The van der Waals surface area contributed by atoms with E-state index in [1.54, 1.807) is 24.3 Å². The van der Waals surface area contributed by atoms with Crippen LogP contribution in [0, 0.1) is 5.39 Å². The fourth-order valence-electron chi connectivity index (χ4n) is 3.59. The Morgan fingerprint density at radius 2 is 1.59 bits per heavy atom. The zero-order valence-corrected chi connectivity index (χ0v) is 18.4. The van der Waals surface area contributed by atoms with Crippen LogP contribution in [-0.2, 0) is 10.1 Å². The molecule has 0 bridgehead atoms. The van der Waals surface area contributed by atoms with Gasteiger partial charge in [0.05, 0.1) is 0 Å². The summed E-state index contributed by atoms with van der Waals surface area (Å²) in [6, 6.07) is 22.1. The normalized spacial score (nSPS) is 11.4. The first-order valence-corrected chi connectivity index (χ1v) is 11.5. The van der Waals surface area contributed by atoms with Crippen molar-refractivity contribution in [2.75, 3.05) is 0 Å². The molecule has 0 aliphatic carbocycles. The van der Waals surface area contributed by atoms with E-state index in [2.05, 4.69) is 18.8 Å². The Morgan fingerprint density at radius 3 is 2.28 bits per heavy atom. The Labute approximate surface area is 186 Å². The minimum Gasteiger partial charge on any atom is -0.501 e. The maximum absolute atomic E-state index is 13.2. The molecular formula is C25H21N2O4S+. The van der Waals surface area contributed by atoms with Crippen LogP contribution in [0.4, 0.5) is 5.69 Å². The average Bonchev–Trinajstić information content (AvgIpc) is 2.79. The van der Waals surface area contributed by atoms with Crippen LogP contribution in [0.1, 0.15) is 25.3 Å². The predicted octanol–water partition coefficient (Wildman–Crippen LogP) is 6.59. The monoisotopic (exact) mass is 445 g/mol. The van der Waals surface area contributed by atoms with Gasteiger partial charge in [0, 0.05) is 22.4 Å². The molecule has 0 aliphatic heterocycles. The molecule has 0 saturated heterocycles. The summed E-state index contributed by atoms with van der Waals surface area (Å²) in [5, 5.41) is 19.8. The Bertz CT molecular complexity index is 1450. The molecule has 0 radical (unpaired) electrons. The Kier molecular flexibility index (Phi) is 5.56. The number of hydrogen-bond acceptors (Lipinski definition) is 5. The molecule has 0 aromatic heterocycles. The molecule has 0 amide bonds. The van der Waals surface area contributed by atoms with Crippen LogP contribution in [0.2, 0.25) is 0 Å². The number of rotatable bonds is 5. The molecule has 0 saturated carbocycles. The summed E-state index contributed by atoms with van der Waals surface area (Å²) in [7, 11) is -4.23. The number of diazo groups is 1. The molecule has 4 aromatic rings. The summed E-state index contributed by atoms with van der Waals surface area (Å²) in [5.74, 6) is 0.276. The molecule has 0 unspecified atom stereocenters. The zero-order valence-electron chi connectivity index (χ0n) is 17.6. The average molecular weight is 446 g/mol. The Balaban J connectivity index is 1.77. The second kappa shape index (κ2) is 8.33. The maximum Gasteiger partial charge on any atom is 0.426 e. The third-order valence-corrected chi connectivity index (χ3v) is 6.62. The quantitative estimate of drug-likeness (QED) is 0.276. The van der Waals surface area contributed by atoms with Gasteiger partial charge >= 0.3 is 15.8 Å². The largest absolute Gasteiger partial charge is 0.501 e. The van der Waals surface area contributed by atoms with Gasteiger partial charge in [0.15, 0.2) is 10.7 Å². The van der Waals surface area contributed by atoms with E-state index >= 15 is 0 Å². The molecule has 4 aromatic carbocycles. The highest BCUT2D eigenvalue weighted by Crippen LogP contribution is 2.38. The van der Waals surface area contributed by atoms with E-state index in [-0.39, 0.29) is 32.9 Å². The molecule has 0 aliphatic rings. The summed E-state index contributed by atoms with van der Waals surface area (Å²) in [6.07, 6.45) is 0. The molecule has 0 heterocycles. The van der Waals surface area contributed by atoms with Crippen LogP contribution < -0.4 is 4.18 Å². The van der Waals surface area contributed by atoms with Gasteiger partial charge in [0.1, 0.15) is 4.90 Å². The van der Waals surface area contributed by atoms with E-state index in [1.165, 1.54) is 29.8 Å². The molecule has 4 rings (SSSR count). The van der Waals surface area contributed by atoms with E-state index in [0.717, 1.165) is 5.56 Å². The van der Waals surface area contributed by atoms with Crippen LogP contribution in [0.5, 0.6) is 11.5 Å². The highest BCUT2D eigenvalue weighted by molar-refractivity contribution is 7.87. The lowest BCUT2D eigenvalue weighted by molar-refractivity contribution is 0.484. The standard InChI is InChI=1S/C25H20N2O4S/c1-16(2)17-10-12-18(13-11-17)19-6-3-4-8-23(19)31-32(29,30)24-9-5-7-21-20(24)14-15-22(27-26)25(21)28/h3-16H,1-2H3/p+1. The predicted molar refractivity (Wildman–Crippen MR) is 124 cm³/mol. The number of aromatic hydroxyl groups is 1. The lowest BCUT2D eigenvalue weighted by atomic mass is 9.98. The zero-order chi connectivity index (χ0) is 22.9. The lowest BCUT2D eigenvalue weighted by Gasteiger charge is -2.14. The molecule has 6 nitrogen and oxygen atoms in total. The van der Waals surface area contributed by atoms with Crippen molar-refractivity contribution < 1.29 is 17.7 Å². The van der Waals surface area contributed by atoms with Crippen LogP contribution in [0.25, 0.3) is 26.9 Å². The molecule has 0 fully saturated rings. The van der Waals surface area contributed by atoms with Crippen LogP contribution in [0.15, 0.2) is 83.8 Å². The number of para-hydroxylation sites is 1. The molecule has 0 spiro atoms. The fraction of sp³-hybridized carbons (Fsp3) is 0.120. The van der Waals surface area contributed by atoms with Gasteiger partial charge < -0.3 is 9.29 Å². The van der Waals surface area contributed by atoms with Crippen molar-refractivity contribution in [3.63, 3.8) is 0 Å². The first kappa shape index (κ1) is 21.3. The number of phenols is 1. The number of hydrogen-bond donors (Lipinski definition) is 1. The van der Waals surface area contributed by atoms with Gasteiger partial charge in [0.25, 0.3) is 0 Å². The maximum atomic E-state index is 13.2. The minimum atomic E-state index is -4.23. The first-order chi connectivity index (χ1) is 15.3. The summed E-state index contributed by atoms with van der Waals surface area (Å²) in [4.78, 5) is 2.91. The summed E-state index contributed by atoms with van der Waals surface area (Å²) >= 11 is 0. The molecule has 1 N–H and O–H groups in total. The second-order valence-corrected chi connectivity index (χ2v) is 9.21. The van der Waals surface area contributed by atoms with Crippen molar-refractivity contribution in [2.24, 2.45) is 0 Å². The van der Waals surface area contributed by atoms with Crippen LogP contribution >= 0.6 is 0 Å². The number of fused-ring (bicyclic) bond motifs is 1. The highest BCUT2D eigenvalue weighted by atomic mass is 32.2. The van der Waals surface area contributed by atoms with Crippen LogP contribution in [0.3, 0.4) is 0 Å². The van der Waals surface area contributed by atoms with Crippen LogP contribution in [-0.4, -0.2) is 13.5 Å². The van der Waals surface area contributed by atoms with Gasteiger partial charge in [-0.3, -0.25) is 0 Å². The fourth-order valence-corrected chi connectivity index (χ4v) is 4.75. The van der Waals surface area contributed by atoms with E-state index in [1.807, 2.05) is 30.3 Å². The second-order valence-electron chi connectivity index (χ2n) is 7.69. The number of phenolic OH excluding ortho intramolecular Hbond substituents is 1. The van der Waals surface area contributed by atoms with Crippen molar-refractivity contribution in [2.45, 2.75) is 24.7 Å². The van der Waals surface area contributed by atoms with E-state index < -0.39 is 10.1 Å². The van der Waals surface area contributed by atoms with Gasteiger partial charge in [-0.25, -0.2) is 0 Å². The number of benzene rings is 4.